The molecule has 0 heterocycles. The van der Waals surface area contributed by atoms with Crippen LogP contribution in [0.25, 0.3) is 0 Å². The number of hydrogen-bond acceptors (Lipinski definition) is 2. The zero-order chi connectivity index (χ0) is 15.6. The number of phenolic OH excluding ortho intramolecular Hbond substituents is 1. The molecule has 1 rings (SSSR count). The zero-order valence-electron chi connectivity index (χ0n) is 14.0. The van der Waals surface area contributed by atoms with Crippen LogP contribution in [-0.2, 0) is 17.4 Å². The number of alkyl halides is 1. The Hall–Kier alpha value is -0.440. The molecule has 0 aromatic heterocycles. The van der Waals surface area contributed by atoms with Gasteiger partial charge in [0.25, 0.3) is 0 Å². The summed E-state index contributed by atoms with van der Waals surface area (Å²) in [5.41, 5.74) is 3.20. The van der Waals surface area contributed by atoms with E-state index in [0.29, 0.717) is 18.2 Å². The van der Waals surface area contributed by atoms with Crippen molar-refractivity contribution in [2.75, 3.05) is 12.4 Å². The van der Waals surface area contributed by atoms with Crippen LogP contribution in [0.1, 0.15) is 58.2 Å². The molecule has 21 heavy (non-hydrogen) atoms. The van der Waals surface area contributed by atoms with E-state index in [9.17, 15) is 5.11 Å². The fourth-order valence-corrected chi connectivity index (χ4v) is 2.26. The van der Waals surface area contributed by atoms with Crippen LogP contribution in [0.2, 0.25) is 0 Å². The summed E-state index contributed by atoms with van der Waals surface area (Å²) in [5, 5.41) is 13.8. The maximum Gasteiger partial charge on any atom is 0.123 e. The number of hydrogen-bond donors (Lipinski definition) is 2. The van der Waals surface area contributed by atoms with Gasteiger partial charge in [-0.05, 0) is 22.0 Å². The van der Waals surface area contributed by atoms with Gasteiger partial charge in [0.1, 0.15) is 5.75 Å². The Bertz CT molecular complexity index is 459. The molecule has 0 bridgehead atoms. The summed E-state index contributed by atoms with van der Waals surface area (Å²) in [6.07, 6.45) is 0. The number of nitrogens with one attached hydrogen (secondary N) is 1. The number of rotatable bonds is 4. The van der Waals surface area contributed by atoms with Crippen LogP contribution >= 0.6 is 24.0 Å². The molecule has 2 N–H and O–H groups in total. The van der Waals surface area contributed by atoms with Crippen molar-refractivity contribution in [3.05, 3.63) is 28.8 Å². The predicted octanol–water partition coefficient (Wildman–Crippen LogP) is 4.74. The molecule has 2 nitrogen and oxygen atoms in total. The molecule has 0 spiro atoms. The predicted molar refractivity (Wildman–Crippen MR) is 95.2 cm³/mol. The Kier molecular flexibility index (Phi) is 7.55. The van der Waals surface area contributed by atoms with Crippen molar-refractivity contribution < 1.29 is 5.11 Å². The lowest BCUT2D eigenvalue weighted by molar-refractivity contribution is 0.435. The van der Waals surface area contributed by atoms with E-state index in [0.717, 1.165) is 17.7 Å². The third-order valence-corrected chi connectivity index (χ3v) is 3.64. The smallest absolute Gasteiger partial charge is 0.123 e. The standard InChI is InChI=1S/C17H28ClNO.ClH/c1-16(2,3)13-9-12(11-19-8-7-18)15(20)14(10-13)17(4,5)6;/h9-10,19-20H,7-8,11H2,1-6H3;1H. The van der Waals surface area contributed by atoms with E-state index in [1.807, 2.05) is 0 Å². The second-order valence-corrected chi connectivity index (χ2v) is 7.78. The molecule has 0 unspecified atom stereocenters. The normalized spacial score (nSPS) is 12.1. The fourth-order valence-electron chi connectivity index (χ4n) is 2.12. The van der Waals surface area contributed by atoms with Crippen molar-refractivity contribution in [1.82, 2.24) is 5.32 Å². The second-order valence-electron chi connectivity index (χ2n) is 7.40. The Balaban J connectivity index is 0.00000400. The average molecular weight is 334 g/mol. The SMILES string of the molecule is CC(C)(C)c1cc(CNCCCl)c(O)c(C(C)(C)C)c1.Cl. The lowest BCUT2D eigenvalue weighted by Crippen LogP contribution is -2.20. The first-order chi connectivity index (χ1) is 9.07. The number of halogens is 2. The molecule has 0 saturated carbocycles. The van der Waals surface area contributed by atoms with Crippen molar-refractivity contribution in [3.8, 4) is 5.75 Å². The van der Waals surface area contributed by atoms with Gasteiger partial charge in [0.2, 0.25) is 0 Å². The average Bonchev–Trinajstić information content (AvgIpc) is 2.28. The topological polar surface area (TPSA) is 32.3 Å². The Morgan fingerprint density at radius 3 is 2.05 bits per heavy atom. The minimum atomic E-state index is -0.0768. The molecular weight excluding hydrogens is 305 g/mol. The molecule has 0 aliphatic rings. The maximum absolute atomic E-state index is 10.5. The molecule has 0 amide bonds. The van der Waals surface area contributed by atoms with Gasteiger partial charge in [-0.3, -0.25) is 0 Å². The minimum Gasteiger partial charge on any atom is -0.507 e. The van der Waals surface area contributed by atoms with E-state index < -0.39 is 0 Å². The first-order valence-corrected chi connectivity index (χ1v) is 7.74. The summed E-state index contributed by atoms with van der Waals surface area (Å²) < 4.78 is 0. The van der Waals surface area contributed by atoms with Crippen molar-refractivity contribution in [2.45, 2.75) is 58.9 Å². The minimum absolute atomic E-state index is 0. The van der Waals surface area contributed by atoms with Gasteiger partial charge in [0.15, 0.2) is 0 Å². The van der Waals surface area contributed by atoms with Gasteiger partial charge in [-0.1, -0.05) is 53.7 Å². The third-order valence-electron chi connectivity index (χ3n) is 3.45. The highest BCUT2D eigenvalue weighted by Gasteiger charge is 2.24. The van der Waals surface area contributed by atoms with Gasteiger partial charge in [-0.15, -0.1) is 24.0 Å². The molecule has 1 aromatic carbocycles. The quantitative estimate of drug-likeness (QED) is 0.616. The molecule has 0 atom stereocenters. The lowest BCUT2D eigenvalue weighted by Gasteiger charge is -2.27. The highest BCUT2D eigenvalue weighted by atomic mass is 35.5. The van der Waals surface area contributed by atoms with E-state index in [2.05, 4.69) is 59.0 Å². The van der Waals surface area contributed by atoms with Crippen molar-refractivity contribution >= 4 is 24.0 Å². The molecule has 1 aromatic rings. The Morgan fingerprint density at radius 2 is 1.62 bits per heavy atom. The van der Waals surface area contributed by atoms with Crippen LogP contribution in [0, 0.1) is 0 Å². The van der Waals surface area contributed by atoms with Gasteiger partial charge in [-0.2, -0.15) is 0 Å². The molecule has 0 saturated heterocycles. The molecule has 0 fully saturated rings. The van der Waals surface area contributed by atoms with Gasteiger partial charge >= 0.3 is 0 Å². The second kappa shape index (κ2) is 7.71. The van der Waals surface area contributed by atoms with Crippen LogP contribution in [0.3, 0.4) is 0 Å². The Morgan fingerprint density at radius 1 is 1.05 bits per heavy atom. The number of aromatic hydroxyl groups is 1. The maximum atomic E-state index is 10.5. The van der Waals surface area contributed by atoms with Gasteiger partial charge < -0.3 is 10.4 Å². The van der Waals surface area contributed by atoms with E-state index in [1.54, 1.807) is 0 Å². The molecular formula is C17H29Cl2NO. The highest BCUT2D eigenvalue weighted by Crippen LogP contribution is 2.37. The summed E-state index contributed by atoms with van der Waals surface area (Å²) in [5.74, 6) is 0.985. The van der Waals surface area contributed by atoms with Crippen LogP contribution in [0.4, 0.5) is 0 Å². The fraction of sp³-hybridized carbons (Fsp3) is 0.647. The summed E-state index contributed by atoms with van der Waals surface area (Å²) >= 11 is 5.69. The summed E-state index contributed by atoms with van der Waals surface area (Å²) in [7, 11) is 0. The molecule has 0 aliphatic carbocycles. The van der Waals surface area contributed by atoms with Crippen LogP contribution in [0.15, 0.2) is 12.1 Å². The van der Waals surface area contributed by atoms with Crippen LogP contribution in [-0.4, -0.2) is 17.5 Å². The van der Waals surface area contributed by atoms with E-state index in [-0.39, 0.29) is 23.2 Å². The zero-order valence-corrected chi connectivity index (χ0v) is 15.6. The van der Waals surface area contributed by atoms with E-state index in [1.165, 1.54) is 5.56 Å². The summed E-state index contributed by atoms with van der Waals surface area (Å²) in [6, 6.07) is 4.24. The van der Waals surface area contributed by atoms with Crippen LogP contribution in [0.5, 0.6) is 5.75 Å². The first kappa shape index (κ1) is 20.6. The van der Waals surface area contributed by atoms with Crippen LogP contribution < -0.4 is 5.32 Å². The van der Waals surface area contributed by atoms with E-state index >= 15 is 0 Å². The van der Waals surface area contributed by atoms with Crippen molar-refractivity contribution in [3.63, 3.8) is 0 Å². The Labute approximate surface area is 140 Å². The summed E-state index contributed by atoms with van der Waals surface area (Å²) in [6.45, 7) is 14.4. The molecule has 4 heteroatoms. The number of benzene rings is 1. The molecule has 0 aliphatic heterocycles. The molecule has 122 valence electrons. The van der Waals surface area contributed by atoms with Crippen molar-refractivity contribution in [1.29, 1.82) is 0 Å². The first-order valence-electron chi connectivity index (χ1n) is 7.21. The van der Waals surface area contributed by atoms with Gasteiger partial charge in [0, 0.05) is 24.5 Å². The van der Waals surface area contributed by atoms with Gasteiger partial charge in [0.05, 0.1) is 0 Å². The molecule has 0 radical (unpaired) electrons. The highest BCUT2D eigenvalue weighted by molar-refractivity contribution is 6.18. The van der Waals surface area contributed by atoms with Crippen molar-refractivity contribution in [2.24, 2.45) is 0 Å². The van der Waals surface area contributed by atoms with Gasteiger partial charge in [-0.25, -0.2) is 0 Å². The lowest BCUT2D eigenvalue weighted by atomic mass is 9.79. The number of phenols is 1. The van der Waals surface area contributed by atoms with E-state index in [4.69, 9.17) is 11.6 Å². The summed E-state index contributed by atoms with van der Waals surface area (Å²) in [4.78, 5) is 0. The monoisotopic (exact) mass is 333 g/mol. The largest absolute Gasteiger partial charge is 0.507 e. The third kappa shape index (κ3) is 5.69.